The van der Waals surface area contributed by atoms with Crippen LogP contribution in [0, 0.1) is 27.7 Å². The van der Waals surface area contributed by atoms with Crippen molar-refractivity contribution in [3.05, 3.63) is 68.6 Å². The van der Waals surface area contributed by atoms with Gasteiger partial charge >= 0.3 is 11.9 Å². The van der Waals surface area contributed by atoms with E-state index in [0.29, 0.717) is 12.8 Å². The third-order valence-corrected chi connectivity index (χ3v) is 5.30. The number of hydrogen-bond donors (Lipinski definition) is 5. The molecule has 3 heterocycles. The molecule has 0 saturated carbocycles. The zero-order valence-corrected chi connectivity index (χ0v) is 15.8. The number of aromatic amines is 3. The van der Waals surface area contributed by atoms with Gasteiger partial charge < -0.3 is 25.2 Å². The summed E-state index contributed by atoms with van der Waals surface area (Å²) in [4.78, 5) is 31.9. The molecule has 5 N–H and O–H groups in total. The van der Waals surface area contributed by atoms with E-state index in [1.54, 1.807) is 13.8 Å². The average molecular weight is 369 g/mol. The molecule has 7 heteroatoms. The summed E-state index contributed by atoms with van der Waals surface area (Å²) in [7, 11) is 0. The van der Waals surface area contributed by atoms with Gasteiger partial charge in [-0.3, -0.25) is 0 Å². The second-order valence-corrected chi connectivity index (χ2v) is 6.93. The number of aromatic nitrogens is 3. The van der Waals surface area contributed by atoms with Gasteiger partial charge in [-0.1, -0.05) is 0 Å². The Morgan fingerprint density at radius 2 is 1.07 bits per heavy atom. The molecule has 0 fully saturated rings. The Kier molecular flexibility index (Phi) is 4.70. The molecule has 0 aromatic carbocycles. The van der Waals surface area contributed by atoms with Crippen LogP contribution in [0.15, 0.2) is 12.1 Å². The predicted octanol–water partition coefficient (Wildman–Crippen LogP) is 3.48. The number of carbonyl (C=O) groups is 2. The average Bonchev–Trinajstić information content (AvgIpc) is 3.24. The lowest BCUT2D eigenvalue weighted by atomic mass is 10.1. The van der Waals surface area contributed by atoms with Gasteiger partial charge in [-0.15, -0.1) is 0 Å². The largest absolute Gasteiger partial charge is 0.477 e. The number of carboxylic acid groups (broad SMARTS) is 2. The molecular formula is C20H23N3O4. The summed E-state index contributed by atoms with van der Waals surface area (Å²) in [5, 5.41) is 18.5. The van der Waals surface area contributed by atoms with Crippen molar-refractivity contribution in [3.63, 3.8) is 0 Å². The molecule has 0 aliphatic carbocycles. The standard InChI is InChI=1S/C20H23N3O4/c1-9-11(3)17(19(24)25)22-15(9)7-13-5-6-14(21-13)8-16-10(2)12(4)18(23-16)20(26)27/h5-6,21-23H,7-8H2,1-4H3,(H,24,25)(H,26,27). The van der Waals surface area contributed by atoms with Gasteiger partial charge in [0.2, 0.25) is 0 Å². The third-order valence-electron chi connectivity index (χ3n) is 5.30. The van der Waals surface area contributed by atoms with Crippen LogP contribution in [0.2, 0.25) is 0 Å². The quantitative estimate of drug-likeness (QED) is 0.456. The van der Waals surface area contributed by atoms with Crippen LogP contribution in [0.4, 0.5) is 0 Å². The molecule has 142 valence electrons. The number of aromatic carboxylic acids is 2. The Balaban J connectivity index is 1.80. The van der Waals surface area contributed by atoms with Crippen molar-refractivity contribution in [2.45, 2.75) is 40.5 Å². The van der Waals surface area contributed by atoms with E-state index in [9.17, 15) is 19.8 Å². The van der Waals surface area contributed by atoms with Crippen LogP contribution in [0.3, 0.4) is 0 Å². The molecule has 3 aromatic heterocycles. The fourth-order valence-electron chi connectivity index (χ4n) is 3.36. The number of carboxylic acids is 2. The van der Waals surface area contributed by atoms with E-state index in [2.05, 4.69) is 15.0 Å². The number of nitrogens with one attached hydrogen (secondary N) is 3. The number of H-pyrrole nitrogens is 3. The van der Waals surface area contributed by atoms with E-state index >= 15 is 0 Å². The van der Waals surface area contributed by atoms with Crippen LogP contribution in [0.1, 0.15) is 66.0 Å². The Bertz CT molecular complexity index is 955. The molecule has 7 nitrogen and oxygen atoms in total. The van der Waals surface area contributed by atoms with Crippen LogP contribution in [-0.4, -0.2) is 37.1 Å². The molecule has 0 bridgehead atoms. The Morgan fingerprint density at radius 3 is 1.37 bits per heavy atom. The molecule has 0 aliphatic rings. The normalized spacial score (nSPS) is 11.1. The lowest BCUT2D eigenvalue weighted by Crippen LogP contribution is -1.99. The van der Waals surface area contributed by atoms with Crippen molar-refractivity contribution in [2.24, 2.45) is 0 Å². The van der Waals surface area contributed by atoms with E-state index in [1.807, 2.05) is 26.0 Å². The first-order chi connectivity index (χ1) is 12.7. The Hall–Kier alpha value is -3.22. The van der Waals surface area contributed by atoms with Gasteiger partial charge in [0, 0.05) is 35.6 Å². The van der Waals surface area contributed by atoms with E-state index in [-0.39, 0.29) is 11.4 Å². The molecule has 3 aromatic rings. The summed E-state index contributed by atoms with van der Waals surface area (Å²) in [6, 6.07) is 3.93. The smallest absolute Gasteiger partial charge is 0.352 e. The topological polar surface area (TPSA) is 122 Å². The lowest BCUT2D eigenvalue weighted by molar-refractivity contribution is 0.0679. The van der Waals surface area contributed by atoms with Gasteiger partial charge in [-0.05, 0) is 62.1 Å². The molecule has 27 heavy (non-hydrogen) atoms. The fourth-order valence-corrected chi connectivity index (χ4v) is 3.36. The second kappa shape index (κ2) is 6.83. The molecule has 3 rings (SSSR count). The number of rotatable bonds is 6. The van der Waals surface area contributed by atoms with Crippen molar-refractivity contribution in [2.75, 3.05) is 0 Å². The van der Waals surface area contributed by atoms with Crippen LogP contribution in [-0.2, 0) is 12.8 Å². The van der Waals surface area contributed by atoms with Crippen LogP contribution in [0.5, 0.6) is 0 Å². The van der Waals surface area contributed by atoms with Gasteiger partial charge in [-0.25, -0.2) is 9.59 Å². The van der Waals surface area contributed by atoms with Gasteiger partial charge in [0.15, 0.2) is 0 Å². The molecule has 0 spiro atoms. The zero-order valence-electron chi connectivity index (χ0n) is 15.8. The Labute approximate surface area is 156 Å². The fraction of sp³-hybridized carbons (Fsp3) is 0.300. The van der Waals surface area contributed by atoms with Crippen molar-refractivity contribution in [3.8, 4) is 0 Å². The molecule has 0 unspecified atom stereocenters. The monoisotopic (exact) mass is 369 g/mol. The minimum Gasteiger partial charge on any atom is -0.477 e. The molecular weight excluding hydrogens is 346 g/mol. The van der Waals surface area contributed by atoms with E-state index in [4.69, 9.17) is 0 Å². The summed E-state index contributed by atoms with van der Waals surface area (Å²) in [5.41, 5.74) is 7.54. The summed E-state index contributed by atoms with van der Waals surface area (Å²) in [6.07, 6.45) is 1.14. The summed E-state index contributed by atoms with van der Waals surface area (Å²) in [6.45, 7) is 7.43. The first-order valence-corrected chi connectivity index (χ1v) is 8.68. The summed E-state index contributed by atoms with van der Waals surface area (Å²) < 4.78 is 0. The van der Waals surface area contributed by atoms with Crippen molar-refractivity contribution < 1.29 is 19.8 Å². The highest BCUT2D eigenvalue weighted by atomic mass is 16.4. The molecule has 0 saturated heterocycles. The van der Waals surface area contributed by atoms with Gasteiger partial charge in [0.25, 0.3) is 0 Å². The third kappa shape index (κ3) is 3.40. The SMILES string of the molecule is Cc1c(Cc2ccc(Cc3[nH]c(C(=O)O)c(C)c3C)[nH]2)[nH]c(C(=O)O)c1C. The first-order valence-electron chi connectivity index (χ1n) is 8.68. The minimum absolute atomic E-state index is 0.230. The van der Waals surface area contributed by atoms with Gasteiger partial charge in [0.05, 0.1) is 0 Å². The maximum Gasteiger partial charge on any atom is 0.352 e. The van der Waals surface area contributed by atoms with Gasteiger partial charge in [-0.2, -0.15) is 0 Å². The highest BCUT2D eigenvalue weighted by Crippen LogP contribution is 2.22. The number of hydrogen-bond acceptors (Lipinski definition) is 2. The predicted molar refractivity (Wildman–Crippen MR) is 101 cm³/mol. The van der Waals surface area contributed by atoms with Crippen LogP contribution < -0.4 is 0 Å². The van der Waals surface area contributed by atoms with E-state index in [1.165, 1.54) is 0 Å². The van der Waals surface area contributed by atoms with Crippen molar-refractivity contribution >= 4 is 11.9 Å². The second-order valence-electron chi connectivity index (χ2n) is 6.93. The van der Waals surface area contributed by atoms with Crippen molar-refractivity contribution in [1.29, 1.82) is 0 Å². The van der Waals surface area contributed by atoms with Gasteiger partial charge in [0.1, 0.15) is 11.4 Å². The lowest BCUT2D eigenvalue weighted by Gasteiger charge is -2.01. The Morgan fingerprint density at radius 1 is 0.704 bits per heavy atom. The van der Waals surface area contributed by atoms with Crippen LogP contribution in [0.25, 0.3) is 0 Å². The van der Waals surface area contributed by atoms with E-state index in [0.717, 1.165) is 45.0 Å². The molecule has 0 amide bonds. The van der Waals surface area contributed by atoms with Crippen molar-refractivity contribution in [1.82, 2.24) is 15.0 Å². The maximum atomic E-state index is 11.3. The molecule has 0 radical (unpaired) electrons. The highest BCUT2D eigenvalue weighted by Gasteiger charge is 2.18. The summed E-state index contributed by atoms with van der Waals surface area (Å²) >= 11 is 0. The molecule has 0 aliphatic heterocycles. The maximum absolute atomic E-state index is 11.3. The minimum atomic E-state index is -0.958. The highest BCUT2D eigenvalue weighted by molar-refractivity contribution is 5.88. The van der Waals surface area contributed by atoms with Crippen LogP contribution >= 0.6 is 0 Å². The first kappa shape index (κ1) is 18.6. The summed E-state index contributed by atoms with van der Waals surface area (Å²) in [5.74, 6) is -1.92. The zero-order chi connectivity index (χ0) is 19.9. The van der Waals surface area contributed by atoms with E-state index < -0.39 is 11.9 Å². The molecule has 0 atom stereocenters.